The summed E-state index contributed by atoms with van der Waals surface area (Å²) in [5.74, 6) is 0.509. The second-order valence-corrected chi connectivity index (χ2v) is 4.35. The van der Waals surface area contributed by atoms with Crippen molar-refractivity contribution in [2.45, 2.75) is 58.5 Å². The van der Waals surface area contributed by atoms with Gasteiger partial charge in [0.15, 0.2) is 0 Å². The van der Waals surface area contributed by atoms with Crippen LogP contribution in [0.2, 0.25) is 0 Å². The molecule has 84 valence electrons. The molecule has 0 spiro atoms. The lowest BCUT2D eigenvalue weighted by atomic mass is 9.87. The Balaban J connectivity index is 2.32. The van der Waals surface area contributed by atoms with Crippen molar-refractivity contribution >= 4 is 0 Å². The Kier molecular flexibility index (Phi) is 4.35. The minimum atomic E-state index is -0.334. The lowest BCUT2D eigenvalue weighted by Gasteiger charge is -2.42. The Morgan fingerprint density at radius 1 is 1.36 bits per heavy atom. The summed E-state index contributed by atoms with van der Waals surface area (Å²) in [6, 6.07) is 0. The highest BCUT2D eigenvalue weighted by Crippen LogP contribution is 2.29. The van der Waals surface area contributed by atoms with Crippen molar-refractivity contribution in [3.8, 4) is 0 Å². The van der Waals surface area contributed by atoms with Crippen LogP contribution >= 0.6 is 0 Å². The van der Waals surface area contributed by atoms with Gasteiger partial charge in [-0.2, -0.15) is 0 Å². The molecule has 0 heterocycles. The molecule has 1 aliphatic carbocycles. The number of rotatable bonds is 5. The highest BCUT2D eigenvalue weighted by atomic mass is 16.6. The molecule has 0 aromatic carbocycles. The second-order valence-electron chi connectivity index (χ2n) is 4.35. The van der Waals surface area contributed by atoms with Gasteiger partial charge in [0.1, 0.15) is 6.10 Å². The molecule has 1 rings (SSSR count). The molecule has 1 saturated carbocycles. The monoisotopic (exact) mass is 202 g/mol. The molecule has 0 bridgehead atoms. The summed E-state index contributed by atoms with van der Waals surface area (Å²) in [4.78, 5) is 0. The van der Waals surface area contributed by atoms with E-state index in [-0.39, 0.29) is 24.4 Å². The third-order valence-electron chi connectivity index (χ3n) is 2.91. The minimum absolute atomic E-state index is 0.0855. The number of aliphatic hydroxyl groups excluding tert-OH is 1. The van der Waals surface area contributed by atoms with E-state index >= 15 is 0 Å². The van der Waals surface area contributed by atoms with E-state index in [0.29, 0.717) is 18.9 Å². The fourth-order valence-corrected chi connectivity index (χ4v) is 1.53. The maximum atomic E-state index is 9.46. The largest absolute Gasteiger partial charge is 0.390 e. The van der Waals surface area contributed by atoms with E-state index in [1.165, 1.54) is 0 Å². The molecule has 3 heteroatoms. The average molecular weight is 202 g/mol. The van der Waals surface area contributed by atoms with Gasteiger partial charge < -0.3 is 14.6 Å². The third-order valence-corrected chi connectivity index (χ3v) is 2.91. The van der Waals surface area contributed by atoms with Crippen LogP contribution in [0.25, 0.3) is 0 Å². The molecule has 0 aromatic rings. The van der Waals surface area contributed by atoms with Gasteiger partial charge in [-0.15, -0.1) is 0 Å². The molecular weight excluding hydrogens is 180 g/mol. The predicted molar refractivity (Wildman–Crippen MR) is 55.2 cm³/mol. The Labute approximate surface area is 86.4 Å². The molecule has 14 heavy (non-hydrogen) atoms. The molecule has 1 N–H and O–H groups in total. The van der Waals surface area contributed by atoms with Crippen molar-refractivity contribution in [2.75, 3.05) is 6.61 Å². The standard InChI is InChI=1S/C11H22O3/c1-5-13-11-9(12)6-10(11)14-8(4)7(2)3/h7-12H,5-6H2,1-4H3. The van der Waals surface area contributed by atoms with Gasteiger partial charge in [-0.1, -0.05) is 13.8 Å². The summed E-state index contributed by atoms with van der Waals surface area (Å²) >= 11 is 0. The second kappa shape index (κ2) is 5.10. The third kappa shape index (κ3) is 2.69. The molecule has 4 atom stereocenters. The Morgan fingerprint density at radius 3 is 2.43 bits per heavy atom. The summed E-state index contributed by atoms with van der Waals surface area (Å²) < 4.78 is 11.2. The van der Waals surface area contributed by atoms with Crippen LogP contribution in [0.5, 0.6) is 0 Å². The van der Waals surface area contributed by atoms with Gasteiger partial charge in [0.2, 0.25) is 0 Å². The van der Waals surface area contributed by atoms with Crippen molar-refractivity contribution in [1.82, 2.24) is 0 Å². The van der Waals surface area contributed by atoms with Gasteiger partial charge >= 0.3 is 0 Å². The highest BCUT2D eigenvalue weighted by molar-refractivity contribution is 4.92. The zero-order valence-electron chi connectivity index (χ0n) is 9.56. The van der Waals surface area contributed by atoms with Crippen LogP contribution in [0, 0.1) is 5.92 Å². The first kappa shape index (κ1) is 12.0. The predicted octanol–water partition coefficient (Wildman–Crippen LogP) is 1.59. The van der Waals surface area contributed by atoms with E-state index in [2.05, 4.69) is 20.8 Å². The first-order valence-electron chi connectivity index (χ1n) is 5.51. The summed E-state index contributed by atoms with van der Waals surface area (Å²) in [7, 11) is 0. The van der Waals surface area contributed by atoms with Gasteiger partial charge in [-0.25, -0.2) is 0 Å². The molecule has 1 fully saturated rings. The summed E-state index contributed by atoms with van der Waals surface area (Å²) in [5, 5.41) is 9.46. The summed E-state index contributed by atoms with van der Waals surface area (Å²) in [5.41, 5.74) is 0. The lowest BCUT2D eigenvalue weighted by molar-refractivity contribution is -0.208. The SMILES string of the molecule is CCOC1C(O)CC1OC(C)C(C)C. The van der Waals surface area contributed by atoms with Crippen molar-refractivity contribution in [3.05, 3.63) is 0 Å². The molecule has 0 amide bonds. The van der Waals surface area contributed by atoms with Crippen molar-refractivity contribution in [1.29, 1.82) is 0 Å². The molecule has 0 radical (unpaired) electrons. The number of ether oxygens (including phenoxy) is 2. The molecule has 3 nitrogen and oxygen atoms in total. The van der Waals surface area contributed by atoms with Crippen molar-refractivity contribution in [3.63, 3.8) is 0 Å². The molecule has 4 unspecified atom stereocenters. The minimum Gasteiger partial charge on any atom is -0.390 e. The van der Waals surface area contributed by atoms with Crippen molar-refractivity contribution < 1.29 is 14.6 Å². The topological polar surface area (TPSA) is 38.7 Å². The maximum Gasteiger partial charge on any atom is 0.110 e. The molecular formula is C11H22O3. The average Bonchev–Trinajstić information content (AvgIpc) is 2.13. The van der Waals surface area contributed by atoms with Crippen LogP contribution < -0.4 is 0 Å². The Morgan fingerprint density at radius 2 is 2.00 bits per heavy atom. The Hall–Kier alpha value is -0.120. The van der Waals surface area contributed by atoms with Crippen LogP contribution in [0.4, 0.5) is 0 Å². The van der Waals surface area contributed by atoms with E-state index in [1.54, 1.807) is 0 Å². The lowest BCUT2D eigenvalue weighted by Crippen LogP contribution is -2.54. The van der Waals surface area contributed by atoms with Crippen LogP contribution in [0.3, 0.4) is 0 Å². The number of hydrogen-bond acceptors (Lipinski definition) is 3. The number of aliphatic hydroxyl groups is 1. The first-order chi connectivity index (χ1) is 6.56. The summed E-state index contributed by atoms with van der Waals surface area (Å²) in [6.07, 6.45) is 0.583. The van der Waals surface area contributed by atoms with Gasteiger partial charge in [0, 0.05) is 13.0 Å². The van der Waals surface area contributed by atoms with E-state index in [9.17, 15) is 5.11 Å². The number of hydrogen-bond donors (Lipinski definition) is 1. The maximum absolute atomic E-state index is 9.46. The van der Waals surface area contributed by atoms with E-state index < -0.39 is 0 Å². The Bertz CT molecular complexity index is 170. The highest BCUT2D eigenvalue weighted by Gasteiger charge is 2.42. The van der Waals surface area contributed by atoms with E-state index in [0.717, 1.165) is 0 Å². The van der Waals surface area contributed by atoms with E-state index in [4.69, 9.17) is 9.47 Å². The van der Waals surface area contributed by atoms with Crippen LogP contribution in [-0.4, -0.2) is 36.1 Å². The van der Waals surface area contributed by atoms with Gasteiger partial charge in [-0.3, -0.25) is 0 Å². The smallest absolute Gasteiger partial charge is 0.110 e. The fraction of sp³-hybridized carbons (Fsp3) is 1.00. The molecule has 1 aliphatic rings. The quantitative estimate of drug-likeness (QED) is 0.735. The van der Waals surface area contributed by atoms with Gasteiger partial charge in [0.25, 0.3) is 0 Å². The van der Waals surface area contributed by atoms with Crippen molar-refractivity contribution in [2.24, 2.45) is 5.92 Å². The van der Waals surface area contributed by atoms with Crippen LogP contribution in [-0.2, 0) is 9.47 Å². The molecule has 0 saturated heterocycles. The normalized spacial score (nSPS) is 34.3. The zero-order valence-corrected chi connectivity index (χ0v) is 9.56. The first-order valence-corrected chi connectivity index (χ1v) is 5.51. The fourth-order valence-electron chi connectivity index (χ4n) is 1.53. The van der Waals surface area contributed by atoms with Gasteiger partial charge in [0.05, 0.1) is 18.3 Å². The van der Waals surface area contributed by atoms with Crippen LogP contribution in [0.15, 0.2) is 0 Å². The van der Waals surface area contributed by atoms with Gasteiger partial charge in [-0.05, 0) is 19.8 Å². The molecule has 0 aromatic heterocycles. The zero-order chi connectivity index (χ0) is 10.7. The molecule has 0 aliphatic heterocycles. The van der Waals surface area contributed by atoms with Crippen LogP contribution in [0.1, 0.15) is 34.1 Å². The summed E-state index contributed by atoms with van der Waals surface area (Å²) in [6.45, 7) is 8.91. The van der Waals surface area contributed by atoms with E-state index in [1.807, 2.05) is 6.92 Å².